The minimum Gasteiger partial charge on any atom is -0.289 e. The zero-order chi connectivity index (χ0) is 13.0. The average molecular weight is 298 g/mol. The Morgan fingerprint density at radius 2 is 2.18 bits per heavy atom. The normalized spacial score (nSPS) is 12.0. The van der Waals surface area contributed by atoms with Crippen molar-refractivity contribution in [1.82, 2.24) is 19.8 Å². The van der Waals surface area contributed by atoms with Gasteiger partial charge in [0.2, 0.25) is 0 Å². The van der Waals surface area contributed by atoms with E-state index in [0.717, 1.165) is 0 Å². The predicted octanol–water partition coefficient (Wildman–Crippen LogP) is 0.708. The summed E-state index contributed by atoms with van der Waals surface area (Å²) >= 11 is 3.67. The van der Waals surface area contributed by atoms with Crippen LogP contribution in [0.4, 0.5) is 10.7 Å². The van der Waals surface area contributed by atoms with Crippen LogP contribution >= 0.6 is 23.5 Å². The van der Waals surface area contributed by atoms with Crippen molar-refractivity contribution in [2.75, 3.05) is 10.6 Å². The van der Waals surface area contributed by atoms with Crippen LogP contribution in [0.25, 0.3) is 0 Å². The Hall–Kier alpha value is -0.970. The van der Waals surface area contributed by atoms with Crippen LogP contribution in [-0.4, -0.2) is 36.0 Å². The first-order valence-electron chi connectivity index (χ1n) is 4.08. The topological polar surface area (TPSA) is 108 Å². The van der Waals surface area contributed by atoms with Gasteiger partial charge in [0.25, 0.3) is 17.2 Å². The standard InChI is InChI=1S/C6H8ClN5O3S2/c1-3-8-4(10-5(9-3)16-2)12(17(14)15)6(13)11-7/h1-2H3,(H,11,13)(H,14,15). The number of halogens is 1. The molecule has 8 nitrogen and oxygen atoms in total. The van der Waals surface area contributed by atoms with Crippen molar-refractivity contribution in [3.8, 4) is 0 Å². The van der Waals surface area contributed by atoms with Gasteiger partial charge in [-0.25, -0.2) is 18.8 Å². The molecule has 11 heteroatoms. The first kappa shape index (κ1) is 14.1. The van der Waals surface area contributed by atoms with Crippen LogP contribution in [0.1, 0.15) is 5.82 Å². The summed E-state index contributed by atoms with van der Waals surface area (Å²) < 4.78 is 20.4. The number of amides is 2. The second kappa shape index (κ2) is 6.10. The molecule has 0 aliphatic heterocycles. The lowest BCUT2D eigenvalue weighted by atomic mass is 10.7. The van der Waals surface area contributed by atoms with Crippen LogP contribution in [0, 0.1) is 6.92 Å². The van der Waals surface area contributed by atoms with Gasteiger partial charge in [-0.05, 0) is 13.2 Å². The Kier molecular flexibility index (Phi) is 5.05. The first-order chi connectivity index (χ1) is 7.99. The summed E-state index contributed by atoms with van der Waals surface area (Å²) in [5.41, 5.74) is 0. The molecule has 1 unspecified atom stereocenters. The first-order valence-corrected chi connectivity index (χ1v) is 6.74. The summed E-state index contributed by atoms with van der Waals surface area (Å²) in [4.78, 5) is 24.6. The number of hydrogen-bond acceptors (Lipinski definition) is 6. The van der Waals surface area contributed by atoms with Gasteiger partial charge in [-0.15, -0.1) is 0 Å². The Labute approximate surface area is 109 Å². The molecule has 1 aromatic rings. The van der Waals surface area contributed by atoms with Gasteiger partial charge in [-0.3, -0.25) is 4.55 Å². The van der Waals surface area contributed by atoms with Crippen LogP contribution in [0.3, 0.4) is 0 Å². The summed E-state index contributed by atoms with van der Waals surface area (Å²) in [6.45, 7) is 1.57. The summed E-state index contributed by atoms with van der Waals surface area (Å²) in [5, 5.41) is 0.324. The van der Waals surface area contributed by atoms with Gasteiger partial charge in [0.15, 0.2) is 5.16 Å². The zero-order valence-corrected chi connectivity index (χ0v) is 11.1. The highest BCUT2D eigenvalue weighted by atomic mass is 35.5. The monoisotopic (exact) mass is 297 g/mol. The molecule has 1 aromatic heterocycles. The Balaban J connectivity index is 3.23. The van der Waals surface area contributed by atoms with E-state index in [1.54, 1.807) is 18.0 Å². The minimum atomic E-state index is -2.63. The smallest absolute Gasteiger partial charge is 0.289 e. The van der Waals surface area contributed by atoms with Crippen molar-refractivity contribution >= 4 is 46.8 Å². The van der Waals surface area contributed by atoms with E-state index in [0.29, 0.717) is 15.3 Å². The van der Waals surface area contributed by atoms with Crippen molar-refractivity contribution in [3.63, 3.8) is 0 Å². The molecule has 0 aliphatic carbocycles. The third-order valence-corrected chi connectivity index (χ3v) is 2.85. The maximum atomic E-state index is 11.3. The molecule has 17 heavy (non-hydrogen) atoms. The molecule has 0 spiro atoms. The molecule has 0 radical (unpaired) electrons. The number of thioether (sulfide) groups is 1. The van der Waals surface area contributed by atoms with E-state index in [1.807, 2.05) is 0 Å². The third kappa shape index (κ3) is 3.49. The van der Waals surface area contributed by atoms with E-state index in [4.69, 9.17) is 16.3 Å². The molecule has 0 saturated heterocycles. The zero-order valence-electron chi connectivity index (χ0n) is 8.75. The molecular weight excluding hydrogens is 290 g/mol. The maximum absolute atomic E-state index is 11.3. The van der Waals surface area contributed by atoms with Gasteiger partial charge in [0, 0.05) is 11.8 Å². The number of anilines is 1. The van der Waals surface area contributed by atoms with Crippen molar-refractivity contribution in [2.24, 2.45) is 0 Å². The molecule has 1 rings (SSSR count). The molecule has 1 heterocycles. The highest BCUT2D eigenvalue weighted by molar-refractivity contribution is 7.98. The highest BCUT2D eigenvalue weighted by Gasteiger charge is 2.24. The number of rotatable bonds is 3. The summed E-state index contributed by atoms with van der Waals surface area (Å²) in [6, 6.07) is -1.01. The Morgan fingerprint density at radius 3 is 2.65 bits per heavy atom. The number of urea groups is 1. The molecule has 0 aromatic carbocycles. The van der Waals surface area contributed by atoms with Crippen molar-refractivity contribution in [1.29, 1.82) is 0 Å². The molecule has 2 amide bonds. The quantitative estimate of drug-likeness (QED) is 0.480. The van der Waals surface area contributed by atoms with Gasteiger partial charge in [-0.1, -0.05) is 11.8 Å². The van der Waals surface area contributed by atoms with E-state index in [9.17, 15) is 9.00 Å². The number of carbonyl (C=O) groups is 1. The lowest BCUT2D eigenvalue weighted by Crippen LogP contribution is -2.38. The van der Waals surface area contributed by atoms with Crippen molar-refractivity contribution in [2.45, 2.75) is 12.1 Å². The van der Waals surface area contributed by atoms with Crippen molar-refractivity contribution in [3.05, 3.63) is 5.82 Å². The van der Waals surface area contributed by atoms with E-state index in [2.05, 4.69) is 15.0 Å². The summed E-state index contributed by atoms with van der Waals surface area (Å²) in [5.74, 6) is 0.0676. The fraction of sp³-hybridized carbons (Fsp3) is 0.333. The van der Waals surface area contributed by atoms with Gasteiger partial charge >= 0.3 is 6.03 Å². The van der Waals surface area contributed by atoms with Crippen molar-refractivity contribution < 1.29 is 13.6 Å². The van der Waals surface area contributed by atoms with Crippen LogP contribution in [0.15, 0.2) is 5.16 Å². The van der Waals surface area contributed by atoms with Gasteiger partial charge in [0.1, 0.15) is 5.82 Å². The van der Waals surface area contributed by atoms with E-state index >= 15 is 0 Å². The summed E-state index contributed by atoms with van der Waals surface area (Å²) in [7, 11) is 0. The number of nitrogens with zero attached hydrogens (tertiary/aromatic N) is 4. The van der Waals surface area contributed by atoms with Gasteiger partial charge in [0.05, 0.1) is 0 Å². The number of aryl methyl sites for hydroxylation is 1. The molecule has 0 saturated carbocycles. The number of nitrogens with one attached hydrogen (secondary N) is 1. The van der Waals surface area contributed by atoms with Crippen LogP contribution in [0.5, 0.6) is 0 Å². The van der Waals surface area contributed by atoms with E-state index in [-0.39, 0.29) is 5.95 Å². The highest BCUT2D eigenvalue weighted by Crippen LogP contribution is 2.15. The maximum Gasteiger partial charge on any atom is 0.352 e. The SMILES string of the molecule is CSc1nc(C)nc(N(C(=O)NCl)S(=O)O)n1. The molecule has 0 fully saturated rings. The molecule has 1 atom stereocenters. The fourth-order valence-corrected chi connectivity index (χ4v) is 1.84. The molecule has 94 valence electrons. The van der Waals surface area contributed by atoms with Gasteiger partial charge < -0.3 is 0 Å². The van der Waals surface area contributed by atoms with Crippen LogP contribution in [-0.2, 0) is 11.3 Å². The number of hydrogen-bond donors (Lipinski definition) is 2. The third-order valence-electron chi connectivity index (χ3n) is 1.50. The predicted molar refractivity (Wildman–Crippen MR) is 64.0 cm³/mol. The fourth-order valence-electron chi connectivity index (χ4n) is 0.896. The number of aromatic nitrogens is 3. The molecule has 2 N–H and O–H groups in total. The second-order valence-electron chi connectivity index (χ2n) is 2.59. The van der Waals surface area contributed by atoms with E-state index in [1.165, 1.54) is 11.8 Å². The minimum absolute atomic E-state index is 0.249. The van der Waals surface area contributed by atoms with Gasteiger partial charge in [-0.2, -0.15) is 14.3 Å². The van der Waals surface area contributed by atoms with Crippen LogP contribution in [0.2, 0.25) is 0 Å². The second-order valence-corrected chi connectivity index (χ2v) is 4.38. The Morgan fingerprint density at radius 1 is 1.53 bits per heavy atom. The average Bonchev–Trinajstić information content (AvgIpc) is 2.27. The van der Waals surface area contributed by atoms with Crippen LogP contribution < -0.4 is 9.14 Å². The Bertz CT molecular complexity index is 459. The number of carbonyl (C=O) groups excluding carboxylic acids is 1. The molecular formula is C6H8ClN5O3S2. The van der Waals surface area contributed by atoms with E-state index < -0.39 is 17.3 Å². The lowest BCUT2D eigenvalue weighted by molar-refractivity contribution is 0.254. The molecule has 0 aliphatic rings. The largest absolute Gasteiger partial charge is 0.352 e. The summed E-state index contributed by atoms with van der Waals surface area (Å²) in [6.07, 6.45) is 1.72. The lowest BCUT2D eigenvalue weighted by Gasteiger charge is -2.14. The molecule has 0 bridgehead atoms.